The van der Waals surface area contributed by atoms with Crippen LogP contribution in [0.2, 0.25) is 0 Å². The van der Waals surface area contributed by atoms with Gasteiger partial charge in [0.05, 0.1) is 5.41 Å². The van der Waals surface area contributed by atoms with E-state index in [1.165, 1.54) is 12.1 Å². The Kier molecular flexibility index (Phi) is 4.89. The van der Waals surface area contributed by atoms with Crippen molar-refractivity contribution >= 4 is 16.8 Å². The first-order chi connectivity index (χ1) is 10.4. The second-order valence-electron chi connectivity index (χ2n) is 6.31. The van der Waals surface area contributed by atoms with Gasteiger partial charge in [0.1, 0.15) is 5.82 Å². The van der Waals surface area contributed by atoms with Crippen LogP contribution < -0.4 is 0 Å². The van der Waals surface area contributed by atoms with Crippen molar-refractivity contribution < 1.29 is 9.18 Å². The van der Waals surface area contributed by atoms with Crippen LogP contribution in [0.1, 0.15) is 46.1 Å². The molecule has 0 aliphatic heterocycles. The molecule has 2 rings (SSSR count). The summed E-state index contributed by atoms with van der Waals surface area (Å²) < 4.78 is 13.6. The van der Waals surface area contributed by atoms with Crippen molar-refractivity contribution in [2.75, 3.05) is 13.1 Å². The van der Waals surface area contributed by atoms with Crippen LogP contribution in [0.3, 0.4) is 0 Å². The fourth-order valence-corrected chi connectivity index (χ4v) is 2.98. The number of hydrogen-bond acceptors (Lipinski definition) is 1. The molecular weight excluding hydrogens is 279 g/mol. The van der Waals surface area contributed by atoms with E-state index in [-0.39, 0.29) is 11.7 Å². The average Bonchev–Trinajstić information content (AvgIpc) is 2.89. The molecule has 0 saturated carbocycles. The Hall–Kier alpha value is -1.84. The smallest absolute Gasteiger partial charge is 0.232 e. The number of nitrogens with one attached hydrogen (secondary N) is 1. The number of fused-ring (bicyclic) bond motifs is 1. The van der Waals surface area contributed by atoms with Crippen molar-refractivity contribution in [1.29, 1.82) is 0 Å². The predicted molar refractivity (Wildman–Crippen MR) is 88.4 cm³/mol. The van der Waals surface area contributed by atoms with Crippen LogP contribution in [0, 0.1) is 5.82 Å². The third kappa shape index (κ3) is 3.01. The van der Waals surface area contributed by atoms with Gasteiger partial charge < -0.3 is 9.88 Å². The number of carbonyl (C=O) groups is 1. The largest absolute Gasteiger partial charge is 0.361 e. The molecule has 0 atom stereocenters. The summed E-state index contributed by atoms with van der Waals surface area (Å²) in [6.45, 7) is 9.50. The van der Waals surface area contributed by atoms with Gasteiger partial charge in [-0.25, -0.2) is 4.39 Å². The maximum atomic E-state index is 13.6. The minimum absolute atomic E-state index is 0.0985. The number of hydrogen-bond donors (Lipinski definition) is 1. The topological polar surface area (TPSA) is 36.1 Å². The van der Waals surface area contributed by atoms with Crippen molar-refractivity contribution in [3.05, 3.63) is 35.8 Å². The lowest BCUT2D eigenvalue weighted by Crippen LogP contribution is -2.44. The van der Waals surface area contributed by atoms with Crippen LogP contribution in [-0.2, 0) is 10.2 Å². The van der Waals surface area contributed by atoms with Gasteiger partial charge in [-0.3, -0.25) is 4.79 Å². The lowest BCUT2D eigenvalue weighted by Gasteiger charge is -2.31. The van der Waals surface area contributed by atoms with Gasteiger partial charge in [0.25, 0.3) is 0 Å². The Morgan fingerprint density at radius 1 is 1.23 bits per heavy atom. The van der Waals surface area contributed by atoms with E-state index in [0.29, 0.717) is 0 Å². The summed E-state index contributed by atoms with van der Waals surface area (Å²) in [6.07, 6.45) is 3.70. The highest BCUT2D eigenvalue weighted by Gasteiger charge is 2.35. The van der Waals surface area contributed by atoms with Crippen LogP contribution in [0.25, 0.3) is 10.9 Å². The summed E-state index contributed by atoms with van der Waals surface area (Å²) in [5.74, 6) is -0.183. The van der Waals surface area contributed by atoms with Gasteiger partial charge in [0, 0.05) is 30.2 Å². The first kappa shape index (κ1) is 16.5. The number of rotatable bonds is 6. The molecule has 0 fully saturated rings. The van der Waals surface area contributed by atoms with E-state index >= 15 is 0 Å². The quantitative estimate of drug-likeness (QED) is 0.851. The lowest BCUT2D eigenvalue weighted by atomic mass is 9.82. The van der Waals surface area contributed by atoms with Crippen LogP contribution in [-0.4, -0.2) is 28.9 Å². The number of halogens is 1. The first-order valence-electron chi connectivity index (χ1n) is 7.98. The maximum Gasteiger partial charge on any atom is 0.232 e. The number of H-pyrrole nitrogens is 1. The first-order valence-corrected chi connectivity index (χ1v) is 7.98. The van der Waals surface area contributed by atoms with Crippen molar-refractivity contribution in [1.82, 2.24) is 9.88 Å². The summed E-state index contributed by atoms with van der Waals surface area (Å²) in [7, 11) is 0. The second kappa shape index (κ2) is 6.51. The Balaban J connectivity index is 2.42. The molecule has 22 heavy (non-hydrogen) atoms. The zero-order valence-electron chi connectivity index (χ0n) is 13.9. The lowest BCUT2D eigenvalue weighted by molar-refractivity contribution is -0.136. The normalized spacial score (nSPS) is 11.9. The zero-order valence-corrected chi connectivity index (χ0v) is 13.9. The highest BCUT2D eigenvalue weighted by Crippen LogP contribution is 2.32. The molecule has 0 aliphatic carbocycles. The van der Waals surface area contributed by atoms with Gasteiger partial charge >= 0.3 is 0 Å². The van der Waals surface area contributed by atoms with Crippen LogP contribution in [0.4, 0.5) is 4.39 Å². The molecule has 0 bridgehead atoms. The average molecular weight is 304 g/mol. The highest BCUT2D eigenvalue weighted by atomic mass is 19.1. The summed E-state index contributed by atoms with van der Waals surface area (Å²) in [5, 5.41) is 0.784. The number of nitrogens with zero attached hydrogens (tertiary/aromatic N) is 1. The van der Waals surface area contributed by atoms with Gasteiger partial charge in [-0.15, -0.1) is 0 Å². The standard InChI is InChI=1S/C18H25FN2O/c1-5-9-21(10-6-2)17(22)18(3,4)15-12-20-16-8-7-13(19)11-14(15)16/h7-8,11-12,20H,5-6,9-10H2,1-4H3. The number of amides is 1. The van der Waals surface area contributed by atoms with Crippen molar-refractivity contribution in [2.24, 2.45) is 0 Å². The molecule has 120 valence electrons. The summed E-state index contributed by atoms with van der Waals surface area (Å²) in [5.41, 5.74) is 1.02. The third-order valence-electron chi connectivity index (χ3n) is 4.13. The van der Waals surface area contributed by atoms with Gasteiger partial charge in [-0.05, 0) is 50.5 Å². The Bertz CT molecular complexity index is 654. The fraction of sp³-hybridized carbons (Fsp3) is 0.500. The minimum atomic E-state index is -0.684. The third-order valence-corrected chi connectivity index (χ3v) is 4.13. The SMILES string of the molecule is CCCN(CCC)C(=O)C(C)(C)c1c[nH]c2ccc(F)cc12. The van der Waals surface area contributed by atoms with Crippen molar-refractivity contribution in [2.45, 2.75) is 46.0 Å². The molecule has 0 radical (unpaired) electrons. The molecule has 1 amide bonds. The molecule has 0 saturated heterocycles. The van der Waals surface area contributed by atoms with E-state index in [1.54, 1.807) is 6.07 Å². The second-order valence-corrected chi connectivity index (χ2v) is 6.31. The van der Waals surface area contributed by atoms with Crippen LogP contribution >= 0.6 is 0 Å². The summed E-state index contributed by atoms with van der Waals surface area (Å²) in [6, 6.07) is 4.64. The van der Waals surface area contributed by atoms with Gasteiger partial charge in [-0.2, -0.15) is 0 Å². The number of carbonyl (C=O) groups excluding carboxylic acids is 1. The number of aromatic amines is 1. The van der Waals surface area contributed by atoms with E-state index < -0.39 is 5.41 Å². The van der Waals surface area contributed by atoms with E-state index in [9.17, 15) is 9.18 Å². The van der Waals surface area contributed by atoms with Crippen molar-refractivity contribution in [3.63, 3.8) is 0 Å². The molecule has 4 heteroatoms. The molecule has 0 spiro atoms. The Labute approximate surface area is 131 Å². The van der Waals surface area contributed by atoms with Crippen LogP contribution in [0.5, 0.6) is 0 Å². The molecule has 0 aliphatic rings. The summed E-state index contributed by atoms with van der Waals surface area (Å²) >= 11 is 0. The minimum Gasteiger partial charge on any atom is -0.361 e. The Morgan fingerprint density at radius 2 is 1.86 bits per heavy atom. The van der Waals surface area contributed by atoms with Gasteiger partial charge in [0.2, 0.25) is 5.91 Å². The fourth-order valence-electron chi connectivity index (χ4n) is 2.98. The molecule has 1 aromatic heterocycles. The molecule has 3 nitrogen and oxygen atoms in total. The number of aromatic nitrogens is 1. The molecule has 1 N–H and O–H groups in total. The molecular formula is C18H25FN2O. The van der Waals surface area contributed by atoms with Gasteiger partial charge in [-0.1, -0.05) is 13.8 Å². The summed E-state index contributed by atoms with van der Waals surface area (Å²) in [4.78, 5) is 18.0. The van der Waals surface area contributed by atoms with Crippen LogP contribution in [0.15, 0.2) is 24.4 Å². The van der Waals surface area contributed by atoms with E-state index in [2.05, 4.69) is 18.8 Å². The zero-order chi connectivity index (χ0) is 16.3. The van der Waals surface area contributed by atoms with E-state index in [1.807, 2.05) is 24.9 Å². The predicted octanol–water partition coefficient (Wildman–Crippen LogP) is 4.23. The molecule has 0 unspecified atom stereocenters. The maximum absolute atomic E-state index is 13.6. The monoisotopic (exact) mass is 304 g/mol. The Morgan fingerprint density at radius 3 is 2.45 bits per heavy atom. The van der Waals surface area contributed by atoms with Crippen molar-refractivity contribution in [3.8, 4) is 0 Å². The van der Waals surface area contributed by atoms with E-state index in [0.717, 1.165) is 42.4 Å². The number of benzene rings is 1. The molecule has 2 aromatic rings. The van der Waals surface area contributed by atoms with E-state index in [4.69, 9.17) is 0 Å². The van der Waals surface area contributed by atoms with Gasteiger partial charge in [0.15, 0.2) is 0 Å². The molecule has 1 heterocycles. The highest BCUT2D eigenvalue weighted by molar-refractivity contribution is 5.94. The molecule has 1 aromatic carbocycles.